The molecule has 1 N–H and O–H groups in total. The van der Waals surface area contributed by atoms with Crippen LogP contribution in [0.3, 0.4) is 0 Å². The van der Waals surface area contributed by atoms with Crippen LogP contribution in [-0.4, -0.2) is 50.0 Å². The Morgan fingerprint density at radius 2 is 1.67 bits per heavy atom. The van der Waals surface area contributed by atoms with Crippen molar-refractivity contribution < 1.29 is 22.4 Å². The van der Waals surface area contributed by atoms with Crippen molar-refractivity contribution in [2.45, 2.75) is 52.7 Å². The van der Waals surface area contributed by atoms with E-state index in [-0.39, 0.29) is 24.2 Å². The molecule has 33 heavy (non-hydrogen) atoms. The molecule has 0 radical (unpaired) electrons. The van der Waals surface area contributed by atoms with Gasteiger partial charge in [0.2, 0.25) is 21.8 Å². The SMILES string of the molecule is CC[C@@H](C)NC(=O)[C@H](C)N(Cc1ccccc1C)C(=O)CN(c1ccccc1F)S(C)(=O)=O. The topological polar surface area (TPSA) is 86.8 Å². The minimum absolute atomic E-state index is 0.0821. The van der Waals surface area contributed by atoms with E-state index >= 15 is 0 Å². The van der Waals surface area contributed by atoms with Crippen LogP contribution in [-0.2, 0) is 26.2 Å². The molecule has 0 heterocycles. The van der Waals surface area contributed by atoms with E-state index < -0.39 is 34.3 Å². The third-order valence-corrected chi connectivity index (χ3v) is 6.70. The van der Waals surface area contributed by atoms with Crippen molar-refractivity contribution in [2.75, 3.05) is 17.1 Å². The normalized spacial score (nSPS) is 13.2. The maximum atomic E-state index is 14.4. The van der Waals surface area contributed by atoms with Crippen molar-refractivity contribution in [3.05, 3.63) is 65.5 Å². The van der Waals surface area contributed by atoms with Gasteiger partial charge in [-0.3, -0.25) is 13.9 Å². The highest BCUT2D eigenvalue weighted by atomic mass is 32.2. The van der Waals surface area contributed by atoms with E-state index in [0.29, 0.717) is 0 Å². The summed E-state index contributed by atoms with van der Waals surface area (Å²) in [5.41, 5.74) is 1.53. The molecular formula is C24H32FN3O4S. The molecule has 9 heteroatoms. The number of carbonyl (C=O) groups excluding carboxylic acids is 2. The highest BCUT2D eigenvalue weighted by Gasteiger charge is 2.31. The molecule has 0 spiro atoms. The van der Waals surface area contributed by atoms with Crippen LogP contribution in [0, 0.1) is 12.7 Å². The zero-order valence-corrected chi connectivity index (χ0v) is 20.5. The number of hydrogen-bond donors (Lipinski definition) is 1. The molecule has 2 amide bonds. The van der Waals surface area contributed by atoms with Crippen LogP contribution >= 0.6 is 0 Å². The van der Waals surface area contributed by atoms with Crippen LogP contribution in [0.5, 0.6) is 0 Å². The Kier molecular flexibility index (Phi) is 8.99. The Morgan fingerprint density at radius 3 is 2.24 bits per heavy atom. The maximum Gasteiger partial charge on any atom is 0.244 e. The van der Waals surface area contributed by atoms with Crippen LogP contribution in [0.4, 0.5) is 10.1 Å². The van der Waals surface area contributed by atoms with Gasteiger partial charge in [0.1, 0.15) is 18.4 Å². The van der Waals surface area contributed by atoms with Crippen molar-refractivity contribution in [1.29, 1.82) is 0 Å². The summed E-state index contributed by atoms with van der Waals surface area (Å²) in [6.45, 7) is 6.76. The Hall–Kier alpha value is -2.94. The monoisotopic (exact) mass is 477 g/mol. The predicted molar refractivity (Wildman–Crippen MR) is 128 cm³/mol. The van der Waals surface area contributed by atoms with Gasteiger partial charge in [-0.05, 0) is 50.5 Å². The molecule has 0 saturated carbocycles. The third-order valence-electron chi connectivity index (χ3n) is 5.57. The number of rotatable bonds is 10. The average molecular weight is 478 g/mol. The molecule has 0 aliphatic carbocycles. The van der Waals surface area contributed by atoms with Gasteiger partial charge in [-0.2, -0.15) is 0 Å². The number of anilines is 1. The van der Waals surface area contributed by atoms with Gasteiger partial charge in [-0.15, -0.1) is 0 Å². The van der Waals surface area contributed by atoms with E-state index in [1.54, 1.807) is 6.92 Å². The van der Waals surface area contributed by atoms with Gasteiger partial charge in [0.05, 0.1) is 11.9 Å². The first-order chi connectivity index (χ1) is 15.5. The molecule has 2 aromatic rings. The lowest BCUT2D eigenvalue weighted by molar-refractivity contribution is -0.139. The molecule has 0 aliphatic heterocycles. The summed E-state index contributed by atoms with van der Waals surface area (Å²) in [4.78, 5) is 27.6. The third kappa shape index (κ3) is 7.02. The summed E-state index contributed by atoms with van der Waals surface area (Å²) in [7, 11) is -3.97. The zero-order chi connectivity index (χ0) is 24.8. The number of aryl methyl sites for hydroxylation is 1. The lowest BCUT2D eigenvalue weighted by Gasteiger charge is -2.32. The van der Waals surface area contributed by atoms with Gasteiger partial charge in [-0.1, -0.05) is 43.3 Å². The minimum atomic E-state index is -3.97. The first kappa shape index (κ1) is 26.3. The number of amides is 2. The molecule has 7 nitrogen and oxygen atoms in total. The van der Waals surface area contributed by atoms with E-state index in [1.165, 1.54) is 23.1 Å². The molecular weight excluding hydrogens is 445 g/mol. The number of hydrogen-bond acceptors (Lipinski definition) is 4. The largest absolute Gasteiger partial charge is 0.352 e. The minimum Gasteiger partial charge on any atom is -0.352 e. The van der Waals surface area contributed by atoms with Gasteiger partial charge >= 0.3 is 0 Å². The van der Waals surface area contributed by atoms with Crippen molar-refractivity contribution in [1.82, 2.24) is 10.2 Å². The quantitative estimate of drug-likeness (QED) is 0.569. The smallest absolute Gasteiger partial charge is 0.244 e. The fourth-order valence-corrected chi connectivity index (χ4v) is 4.12. The second kappa shape index (κ2) is 11.3. The van der Waals surface area contributed by atoms with Crippen LogP contribution in [0.15, 0.2) is 48.5 Å². The summed E-state index contributed by atoms with van der Waals surface area (Å²) in [6.07, 6.45) is 1.64. The summed E-state index contributed by atoms with van der Waals surface area (Å²) in [5, 5.41) is 2.86. The predicted octanol–water partition coefficient (Wildman–Crippen LogP) is 3.23. The molecule has 0 fully saturated rings. The van der Waals surface area contributed by atoms with Gasteiger partial charge in [0.25, 0.3) is 0 Å². The van der Waals surface area contributed by atoms with E-state index in [9.17, 15) is 22.4 Å². The average Bonchev–Trinajstić information content (AvgIpc) is 2.76. The Bertz CT molecular complexity index is 1090. The van der Waals surface area contributed by atoms with Gasteiger partial charge in [0, 0.05) is 12.6 Å². The van der Waals surface area contributed by atoms with Crippen LogP contribution in [0.1, 0.15) is 38.3 Å². The van der Waals surface area contributed by atoms with Gasteiger partial charge < -0.3 is 10.2 Å². The second-order valence-corrected chi connectivity index (χ2v) is 10.1. The number of benzene rings is 2. The van der Waals surface area contributed by atoms with Crippen molar-refractivity contribution >= 4 is 27.5 Å². The number of sulfonamides is 1. The Morgan fingerprint density at radius 1 is 1.06 bits per heavy atom. The summed E-state index contributed by atoms with van der Waals surface area (Å²) >= 11 is 0. The maximum absolute atomic E-state index is 14.4. The molecule has 0 aromatic heterocycles. The highest BCUT2D eigenvalue weighted by molar-refractivity contribution is 7.92. The number of nitrogens with one attached hydrogen (secondary N) is 1. The van der Waals surface area contributed by atoms with Crippen molar-refractivity contribution in [3.63, 3.8) is 0 Å². The standard InChI is InChI=1S/C24H32FN3O4S/c1-6-18(3)26-24(30)19(4)27(15-20-12-8-7-11-17(20)2)23(29)16-28(33(5,31)32)22-14-10-9-13-21(22)25/h7-14,18-19H,6,15-16H2,1-5H3,(H,26,30)/t18-,19+/m1/s1. The summed E-state index contributed by atoms with van der Waals surface area (Å²) in [5.74, 6) is -1.72. The Balaban J connectivity index is 2.41. The molecule has 2 aromatic carbocycles. The molecule has 0 unspecified atom stereocenters. The molecule has 2 atom stereocenters. The summed E-state index contributed by atoms with van der Waals surface area (Å²) < 4.78 is 40.0. The molecule has 0 saturated heterocycles. The molecule has 0 bridgehead atoms. The van der Waals surface area contributed by atoms with Crippen molar-refractivity contribution in [2.24, 2.45) is 0 Å². The number of nitrogens with zero attached hydrogens (tertiary/aromatic N) is 2. The fraction of sp³-hybridized carbons (Fsp3) is 0.417. The van der Waals surface area contributed by atoms with Crippen molar-refractivity contribution in [3.8, 4) is 0 Å². The van der Waals surface area contributed by atoms with E-state index in [4.69, 9.17) is 0 Å². The van der Waals surface area contributed by atoms with Crippen LogP contribution in [0.25, 0.3) is 0 Å². The number of halogens is 1. The van der Waals surface area contributed by atoms with Crippen LogP contribution in [0.2, 0.25) is 0 Å². The second-order valence-electron chi connectivity index (χ2n) is 8.16. The van der Waals surface area contributed by atoms with E-state index in [0.717, 1.165) is 34.2 Å². The zero-order valence-electron chi connectivity index (χ0n) is 19.7. The first-order valence-electron chi connectivity index (χ1n) is 10.8. The van der Waals surface area contributed by atoms with Gasteiger partial charge in [-0.25, -0.2) is 12.8 Å². The first-order valence-corrected chi connectivity index (χ1v) is 12.7. The van der Waals surface area contributed by atoms with Gasteiger partial charge in [0.15, 0.2) is 0 Å². The number of carbonyl (C=O) groups is 2. The lowest BCUT2D eigenvalue weighted by atomic mass is 10.1. The highest BCUT2D eigenvalue weighted by Crippen LogP contribution is 2.22. The fourth-order valence-electron chi connectivity index (χ4n) is 3.27. The summed E-state index contributed by atoms with van der Waals surface area (Å²) in [6, 6.07) is 11.9. The molecule has 0 aliphatic rings. The van der Waals surface area contributed by atoms with E-state index in [2.05, 4.69) is 5.32 Å². The lowest BCUT2D eigenvalue weighted by Crippen LogP contribution is -2.52. The molecule has 2 rings (SSSR count). The Labute approximate surface area is 195 Å². The van der Waals surface area contributed by atoms with E-state index in [1.807, 2.05) is 45.0 Å². The number of para-hydroxylation sites is 1. The molecule has 180 valence electrons. The van der Waals surface area contributed by atoms with Crippen LogP contribution < -0.4 is 9.62 Å².